The zero-order valence-corrected chi connectivity index (χ0v) is 11.8. The minimum Gasteiger partial charge on any atom is -0.398 e. The number of aromatic nitrogens is 1. The quantitative estimate of drug-likeness (QED) is 0.722. The summed E-state index contributed by atoms with van der Waals surface area (Å²) >= 11 is 0. The number of hydrogen-bond donors (Lipinski definition) is 0. The van der Waals surface area contributed by atoms with Crippen LogP contribution in [0, 0.1) is 5.82 Å². The summed E-state index contributed by atoms with van der Waals surface area (Å²) in [6.45, 7) is 9.53. The molecule has 1 aromatic rings. The van der Waals surface area contributed by atoms with E-state index in [0.717, 1.165) is 5.69 Å². The maximum atomic E-state index is 14.2. The van der Waals surface area contributed by atoms with Crippen molar-refractivity contribution >= 4 is 12.7 Å². The highest BCUT2D eigenvalue weighted by Crippen LogP contribution is 2.36. The van der Waals surface area contributed by atoms with Gasteiger partial charge in [-0.05, 0) is 33.8 Å². The van der Waals surface area contributed by atoms with Gasteiger partial charge >= 0.3 is 7.12 Å². The maximum Gasteiger partial charge on any atom is 0.515 e. The minimum atomic E-state index is -0.656. The normalized spacial score (nSPS) is 24.6. The molecule has 0 unspecified atom stereocenters. The van der Waals surface area contributed by atoms with Gasteiger partial charge in [0.25, 0.3) is 0 Å². The molecule has 0 amide bonds. The van der Waals surface area contributed by atoms with Crippen molar-refractivity contribution < 1.29 is 18.4 Å². The van der Waals surface area contributed by atoms with Crippen molar-refractivity contribution in [3.05, 3.63) is 17.6 Å². The third-order valence-electron chi connectivity index (χ3n) is 4.36. The first-order valence-electron chi connectivity index (χ1n) is 6.63. The fraction of sp³-hybridized carbons (Fsp3) is 0.692. The van der Waals surface area contributed by atoms with E-state index in [4.69, 9.17) is 14.0 Å². The zero-order valence-electron chi connectivity index (χ0n) is 11.8. The summed E-state index contributed by atoms with van der Waals surface area (Å²) in [6, 6.07) is 1.51. The number of fused-ring (bicyclic) bond motifs is 1. The van der Waals surface area contributed by atoms with E-state index >= 15 is 0 Å². The Morgan fingerprint density at radius 2 is 1.84 bits per heavy atom. The van der Waals surface area contributed by atoms with E-state index in [2.05, 4.69) is 0 Å². The molecule has 0 aliphatic carbocycles. The van der Waals surface area contributed by atoms with Crippen molar-refractivity contribution in [1.29, 1.82) is 0 Å². The Labute approximate surface area is 113 Å². The van der Waals surface area contributed by atoms with E-state index in [-0.39, 0.29) is 5.82 Å². The van der Waals surface area contributed by atoms with Crippen molar-refractivity contribution in [2.75, 3.05) is 6.61 Å². The monoisotopic (exact) mass is 267 g/mol. The van der Waals surface area contributed by atoms with E-state index in [1.807, 2.05) is 32.3 Å². The SMILES string of the molecule is CC1(C)OB(c2c(F)cc3n2CCOC3)OC1(C)C. The smallest absolute Gasteiger partial charge is 0.398 e. The molecule has 2 aliphatic rings. The first-order chi connectivity index (χ1) is 8.82. The predicted octanol–water partition coefficient (Wildman–Crippen LogP) is 1.46. The second-order valence-corrected chi connectivity index (χ2v) is 6.16. The lowest BCUT2D eigenvalue weighted by Gasteiger charge is -2.32. The molecule has 0 saturated carbocycles. The van der Waals surface area contributed by atoms with E-state index < -0.39 is 18.3 Å². The van der Waals surface area contributed by atoms with Gasteiger partial charge in [-0.25, -0.2) is 4.39 Å². The van der Waals surface area contributed by atoms with Gasteiger partial charge in [0.1, 0.15) is 5.82 Å². The summed E-state index contributed by atoms with van der Waals surface area (Å²) < 4.78 is 33.3. The number of rotatable bonds is 1. The van der Waals surface area contributed by atoms with E-state index in [9.17, 15) is 4.39 Å². The third kappa shape index (κ3) is 1.93. The predicted molar refractivity (Wildman–Crippen MR) is 69.8 cm³/mol. The van der Waals surface area contributed by atoms with Crippen LogP contribution in [-0.2, 0) is 27.2 Å². The van der Waals surface area contributed by atoms with Gasteiger partial charge in [-0.1, -0.05) is 0 Å². The molecule has 0 N–H and O–H groups in total. The molecule has 3 heterocycles. The van der Waals surface area contributed by atoms with Crippen molar-refractivity contribution in [2.45, 2.75) is 52.0 Å². The second kappa shape index (κ2) is 4.07. The fourth-order valence-corrected chi connectivity index (χ4v) is 2.49. The molecule has 0 spiro atoms. The molecule has 1 fully saturated rings. The van der Waals surface area contributed by atoms with Gasteiger partial charge in [0.05, 0.1) is 30.0 Å². The van der Waals surface area contributed by atoms with Crippen LogP contribution >= 0.6 is 0 Å². The highest BCUT2D eigenvalue weighted by molar-refractivity contribution is 6.61. The lowest BCUT2D eigenvalue weighted by Crippen LogP contribution is -2.43. The molecule has 104 valence electrons. The largest absolute Gasteiger partial charge is 0.515 e. The number of halogens is 1. The van der Waals surface area contributed by atoms with Crippen LogP contribution in [0.4, 0.5) is 4.39 Å². The topological polar surface area (TPSA) is 32.6 Å². The Kier molecular flexibility index (Phi) is 2.82. The lowest BCUT2D eigenvalue weighted by molar-refractivity contribution is 0.00578. The Morgan fingerprint density at radius 3 is 2.47 bits per heavy atom. The number of nitrogens with zero attached hydrogens (tertiary/aromatic N) is 1. The average molecular weight is 267 g/mol. The van der Waals surface area contributed by atoms with Crippen LogP contribution in [-0.4, -0.2) is 29.5 Å². The highest BCUT2D eigenvalue weighted by Gasteiger charge is 2.53. The molecule has 1 aromatic heterocycles. The molecular formula is C13H19BFNO3. The number of hydrogen-bond acceptors (Lipinski definition) is 3. The highest BCUT2D eigenvalue weighted by atomic mass is 19.1. The van der Waals surface area contributed by atoms with Crippen molar-refractivity contribution in [1.82, 2.24) is 4.57 Å². The van der Waals surface area contributed by atoms with Gasteiger partial charge < -0.3 is 18.6 Å². The summed E-state index contributed by atoms with van der Waals surface area (Å²) in [5, 5.41) is 0. The van der Waals surface area contributed by atoms with Crippen LogP contribution in [0.2, 0.25) is 0 Å². The van der Waals surface area contributed by atoms with E-state index in [1.54, 1.807) is 0 Å². The van der Waals surface area contributed by atoms with Gasteiger partial charge in [0.15, 0.2) is 0 Å². The second-order valence-electron chi connectivity index (χ2n) is 6.16. The summed E-state index contributed by atoms with van der Waals surface area (Å²) in [7, 11) is -0.656. The molecule has 0 atom stereocenters. The third-order valence-corrected chi connectivity index (χ3v) is 4.36. The summed E-state index contributed by atoms with van der Waals surface area (Å²) in [6.07, 6.45) is 0. The van der Waals surface area contributed by atoms with Crippen LogP contribution in [0.1, 0.15) is 33.4 Å². The molecule has 2 aliphatic heterocycles. The van der Waals surface area contributed by atoms with Crippen LogP contribution in [0.5, 0.6) is 0 Å². The van der Waals surface area contributed by atoms with E-state index in [0.29, 0.717) is 25.4 Å². The average Bonchev–Trinajstić information content (AvgIpc) is 2.72. The summed E-state index contributed by atoms with van der Waals surface area (Å²) in [5.74, 6) is -0.279. The molecule has 6 heteroatoms. The summed E-state index contributed by atoms with van der Waals surface area (Å²) in [5.41, 5.74) is 0.408. The zero-order chi connectivity index (χ0) is 13.8. The van der Waals surface area contributed by atoms with Crippen LogP contribution in [0.25, 0.3) is 0 Å². The van der Waals surface area contributed by atoms with Crippen LogP contribution < -0.4 is 5.59 Å². The fourth-order valence-electron chi connectivity index (χ4n) is 2.49. The van der Waals surface area contributed by atoms with Crippen LogP contribution in [0.15, 0.2) is 6.07 Å². The van der Waals surface area contributed by atoms with Crippen molar-refractivity contribution in [3.8, 4) is 0 Å². The molecule has 3 rings (SSSR count). The van der Waals surface area contributed by atoms with Gasteiger partial charge in [0, 0.05) is 12.2 Å². The van der Waals surface area contributed by atoms with Crippen molar-refractivity contribution in [3.63, 3.8) is 0 Å². The Hall–Kier alpha value is -0.845. The molecule has 0 bridgehead atoms. The molecule has 4 nitrogen and oxygen atoms in total. The van der Waals surface area contributed by atoms with Crippen molar-refractivity contribution in [2.24, 2.45) is 0 Å². The Morgan fingerprint density at radius 1 is 1.21 bits per heavy atom. The first-order valence-corrected chi connectivity index (χ1v) is 6.63. The molecule has 19 heavy (non-hydrogen) atoms. The lowest BCUT2D eigenvalue weighted by atomic mass is 9.84. The van der Waals surface area contributed by atoms with Crippen LogP contribution in [0.3, 0.4) is 0 Å². The molecule has 0 radical (unpaired) electrons. The van der Waals surface area contributed by atoms with Gasteiger partial charge in [0.2, 0.25) is 0 Å². The Bertz CT molecular complexity index is 496. The van der Waals surface area contributed by atoms with Gasteiger partial charge in [-0.3, -0.25) is 0 Å². The van der Waals surface area contributed by atoms with E-state index in [1.165, 1.54) is 6.07 Å². The maximum absolute atomic E-state index is 14.2. The molecular weight excluding hydrogens is 248 g/mol. The Balaban J connectivity index is 1.98. The summed E-state index contributed by atoms with van der Waals surface area (Å²) in [4.78, 5) is 0. The van der Waals surface area contributed by atoms with Gasteiger partial charge in [-0.15, -0.1) is 0 Å². The standard InChI is InChI=1S/C13H19BFNO3/c1-12(2)13(3,4)19-14(18-12)11-10(15)7-9-8-17-6-5-16(9)11/h7H,5-6,8H2,1-4H3. The van der Waals surface area contributed by atoms with Gasteiger partial charge in [-0.2, -0.15) is 0 Å². The minimum absolute atomic E-state index is 0.279. The molecule has 1 saturated heterocycles. The number of ether oxygens (including phenoxy) is 1. The molecule has 0 aromatic carbocycles. The first kappa shape index (κ1) is 13.2.